The summed E-state index contributed by atoms with van der Waals surface area (Å²) in [6.07, 6.45) is 0.827. The summed E-state index contributed by atoms with van der Waals surface area (Å²) in [6.45, 7) is 2.48. The molecule has 1 aromatic rings. The summed E-state index contributed by atoms with van der Waals surface area (Å²) in [7, 11) is 3.47. The van der Waals surface area contributed by atoms with E-state index < -0.39 is 0 Å². The van der Waals surface area contributed by atoms with Gasteiger partial charge in [0.1, 0.15) is 5.82 Å². The van der Waals surface area contributed by atoms with Crippen LogP contribution in [0.15, 0.2) is 0 Å². The molecule has 0 aromatic carbocycles. The standard InChI is InChI=1S/C8H16N4O/c1-4-7-10-8(12(2)11-7)6(9)5-13-3/h6H,4-5,9H2,1-3H3. The van der Waals surface area contributed by atoms with Crippen LogP contribution < -0.4 is 5.73 Å². The molecule has 0 saturated heterocycles. The predicted octanol–water partition coefficient (Wildman–Crippen LogP) is 0.0237. The number of nitrogens with zero attached hydrogens (tertiary/aromatic N) is 3. The van der Waals surface area contributed by atoms with Gasteiger partial charge >= 0.3 is 0 Å². The highest BCUT2D eigenvalue weighted by Gasteiger charge is 2.13. The molecular weight excluding hydrogens is 168 g/mol. The van der Waals surface area contributed by atoms with Crippen LogP contribution in [0.5, 0.6) is 0 Å². The van der Waals surface area contributed by atoms with E-state index in [1.807, 2.05) is 14.0 Å². The number of hydrogen-bond donors (Lipinski definition) is 1. The molecule has 1 atom stereocenters. The smallest absolute Gasteiger partial charge is 0.150 e. The average molecular weight is 184 g/mol. The van der Waals surface area contributed by atoms with Crippen LogP contribution in [-0.2, 0) is 18.2 Å². The molecule has 2 N–H and O–H groups in total. The minimum absolute atomic E-state index is 0.192. The van der Waals surface area contributed by atoms with E-state index in [-0.39, 0.29) is 6.04 Å². The van der Waals surface area contributed by atoms with E-state index in [2.05, 4.69) is 10.1 Å². The fraction of sp³-hybridized carbons (Fsp3) is 0.750. The Kier molecular flexibility index (Phi) is 3.39. The van der Waals surface area contributed by atoms with Gasteiger partial charge in [0.2, 0.25) is 0 Å². The molecule has 0 spiro atoms. The van der Waals surface area contributed by atoms with Crippen LogP contribution in [0.25, 0.3) is 0 Å². The lowest BCUT2D eigenvalue weighted by Gasteiger charge is -2.07. The van der Waals surface area contributed by atoms with Crippen molar-refractivity contribution in [3.05, 3.63) is 11.6 Å². The van der Waals surface area contributed by atoms with Gasteiger partial charge in [-0.25, -0.2) is 4.98 Å². The second-order valence-electron chi connectivity index (χ2n) is 2.93. The van der Waals surface area contributed by atoms with Gasteiger partial charge in [0.15, 0.2) is 5.82 Å². The van der Waals surface area contributed by atoms with E-state index in [4.69, 9.17) is 10.5 Å². The first kappa shape index (κ1) is 10.1. The number of nitrogens with two attached hydrogens (primary N) is 1. The van der Waals surface area contributed by atoms with Gasteiger partial charge in [-0.2, -0.15) is 5.10 Å². The number of rotatable bonds is 4. The summed E-state index contributed by atoms with van der Waals surface area (Å²) < 4.78 is 6.66. The summed E-state index contributed by atoms with van der Waals surface area (Å²) in [4.78, 5) is 4.29. The van der Waals surface area contributed by atoms with E-state index >= 15 is 0 Å². The fourth-order valence-corrected chi connectivity index (χ4v) is 1.18. The highest BCUT2D eigenvalue weighted by molar-refractivity contribution is 4.97. The van der Waals surface area contributed by atoms with E-state index in [1.165, 1.54) is 0 Å². The first-order valence-electron chi connectivity index (χ1n) is 4.33. The van der Waals surface area contributed by atoms with Gasteiger partial charge < -0.3 is 10.5 Å². The normalized spacial score (nSPS) is 13.2. The maximum Gasteiger partial charge on any atom is 0.150 e. The van der Waals surface area contributed by atoms with Crippen molar-refractivity contribution in [1.82, 2.24) is 14.8 Å². The molecule has 13 heavy (non-hydrogen) atoms. The summed E-state index contributed by atoms with van der Waals surface area (Å²) in [5.41, 5.74) is 5.83. The zero-order valence-corrected chi connectivity index (χ0v) is 8.32. The van der Waals surface area contributed by atoms with Crippen molar-refractivity contribution in [1.29, 1.82) is 0 Å². The maximum absolute atomic E-state index is 5.83. The quantitative estimate of drug-likeness (QED) is 0.716. The van der Waals surface area contributed by atoms with Crippen molar-refractivity contribution >= 4 is 0 Å². The van der Waals surface area contributed by atoms with Crippen molar-refractivity contribution in [3.63, 3.8) is 0 Å². The highest BCUT2D eigenvalue weighted by Crippen LogP contribution is 2.07. The van der Waals surface area contributed by atoms with Gasteiger partial charge in [0, 0.05) is 20.6 Å². The van der Waals surface area contributed by atoms with Crippen molar-refractivity contribution in [2.45, 2.75) is 19.4 Å². The van der Waals surface area contributed by atoms with Crippen molar-refractivity contribution in [2.75, 3.05) is 13.7 Å². The van der Waals surface area contributed by atoms with Gasteiger partial charge in [-0.3, -0.25) is 4.68 Å². The van der Waals surface area contributed by atoms with Crippen LogP contribution in [0.2, 0.25) is 0 Å². The number of methoxy groups -OCH3 is 1. The van der Waals surface area contributed by atoms with Crippen LogP contribution in [0.3, 0.4) is 0 Å². The summed E-state index contributed by atoms with van der Waals surface area (Å²) in [6, 6.07) is -0.192. The molecule has 1 unspecified atom stereocenters. The maximum atomic E-state index is 5.83. The molecule has 0 aliphatic heterocycles. The van der Waals surface area contributed by atoms with Crippen LogP contribution in [0, 0.1) is 0 Å². The molecule has 0 aliphatic rings. The molecular formula is C8H16N4O. The second-order valence-corrected chi connectivity index (χ2v) is 2.93. The van der Waals surface area contributed by atoms with Crippen molar-refractivity contribution in [2.24, 2.45) is 12.8 Å². The summed E-state index contributed by atoms with van der Waals surface area (Å²) in [5, 5.41) is 4.20. The Morgan fingerprint density at radius 2 is 2.31 bits per heavy atom. The van der Waals surface area contributed by atoms with E-state index in [0.717, 1.165) is 18.1 Å². The van der Waals surface area contributed by atoms with Gasteiger partial charge in [0.25, 0.3) is 0 Å². The number of aryl methyl sites for hydroxylation is 2. The lowest BCUT2D eigenvalue weighted by Crippen LogP contribution is -2.20. The number of aromatic nitrogens is 3. The molecule has 0 fully saturated rings. The Bertz CT molecular complexity index is 271. The zero-order valence-electron chi connectivity index (χ0n) is 8.32. The van der Waals surface area contributed by atoms with Crippen LogP contribution in [0.4, 0.5) is 0 Å². The van der Waals surface area contributed by atoms with Gasteiger partial charge in [-0.15, -0.1) is 0 Å². The lowest BCUT2D eigenvalue weighted by molar-refractivity contribution is 0.177. The van der Waals surface area contributed by atoms with Gasteiger partial charge in [-0.1, -0.05) is 6.92 Å². The Balaban J connectivity index is 2.80. The van der Waals surface area contributed by atoms with Crippen molar-refractivity contribution in [3.8, 4) is 0 Å². The van der Waals surface area contributed by atoms with Crippen LogP contribution in [0.1, 0.15) is 24.6 Å². The largest absolute Gasteiger partial charge is 0.383 e. The topological polar surface area (TPSA) is 66.0 Å². The molecule has 5 nitrogen and oxygen atoms in total. The molecule has 0 amide bonds. The zero-order chi connectivity index (χ0) is 9.84. The Morgan fingerprint density at radius 1 is 1.62 bits per heavy atom. The molecule has 0 radical (unpaired) electrons. The lowest BCUT2D eigenvalue weighted by atomic mass is 10.3. The predicted molar refractivity (Wildman–Crippen MR) is 49.2 cm³/mol. The highest BCUT2D eigenvalue weighted by atomic mass is 16.5. The molecule has 1 rings (SSSR count). The molecule has 5 heteroatoms. The first-order chi connectivity index (χ1) is 6.19. The van der Waals surface area contributed by atoms with E-state index in [0.29, 0.717) is 6.61 Å². The third kappa shape index (κ3) is 2.26. The second kappa shape index (κ2) is 4.34. The van der Waals surface area contributed by atoms with E-state index in [9.17, 15) is 0 Å². The summed E-state index contributed by atoms with van der Waals surface area (Å²) in [5.74, 6) is 1.60. The van der Waals surface area contributed by atoms with Crippen molar-refractivity contribution < 1.29 is 4.74 Å². The molecule has 0 aliphatic carbocycles. The molecule has 0 saturated carbocycles. The minimum atomic E-state index is -0.192. The number of ether oxygens (including phenoxy) is 1. The fourth-order valence-electron chi connectivity index (χ4n) is 1.18. The Hall–Kier alpha value is -0.940. The van der Waals surface area contributed by atoms with Crippen LogP contribution in [-0.4, -0.2) is 28.5 Å². The monoisotopic (exact) mass is 184 g/mol. The molecule has 1 aromatic heterocycles. The average Bonchev–Trinajstić information content (AvgIpc) is 2.47. The SMILES string of the molecule is CCc1nc(C(N)COC)n(C)n1. The Morgan fingerprint density at radius 3 is 2.77 bits per heavy atom. The minimum Gasteiger partial charge on any atom is -0.383 e. The van der Waals surface area contributed by atoms with Gasteiger partial charge in [-0.05, 0) is 0 Å². The van der Waals surface area contributed by atoms with Crippen LogP contribution >= 0.6 is 0 Å². The van der Waals surface area contributed by atoms with E-state index in [1.54, 1.807) is 11.8 Å². The first-order valence-corrected chi connectivity index (χ1v) is 4.33. The Labute approximate surface area is 77.9 Å². The third-order valence-corrected chi connectivity index (χ3v) is 1.83. The van der Waals surface area contributed by atoms with Gasteiger partial charge in [0.05, 0.1) is 12.6 Å². The molecule has 74 valence electrons. The number of hydrogen-bond acceptors (Lipinski definition) is 4. The third-order valence-electron chi connectivity index (χ3n) is 1.83. The molecule has 0 bridgehead atoms. The summed E-state index contributed by atoms with van der Waals surface area (Å²) >= 11 is 0. The molecule has 1 heterocycles.